The van der Waals surface area contributed by atoms with E-state index in [1.54, 1.807) is 0 Å². The molecule has 1 saturated carbocycles. The quantitative estimate of drug-likeness (QED) is 0.710. The summed E-state index contributed by atoms with van der Waals surface area (Å²) in [6.07, 6.45) is 4.05. The van der Waals surface area contributed by atoms with E-state index >= 15 is 0 Å². The van der Waals surface area contributed by atoms with Gasteiger partial charge in [-0.15, -0.1) is 11.8 Å². The molecule has 0 saturated heterocycles. The van der Waals surface area contributed by atoms with E-state index in [9.17, 15) is 0 Å². The molecule has 0 aliphatic heterocycles. The molecule has 3 rings (SSSR count). The molecule has 1 fully saturated rings. The van der Waals surface area contributed by atoms with Gasteiger partial charge >= 0.3 is 0 Å². The minimum absolute atomic E-state index is 0.0960. The lowest BCUT2D eigenvalue weighted by Crippen LogP contribution is -2.14. The number of benzene rings is 2. The van der Waals surface area contributed by atoms with E-state index in [1.807, 2.05) is 11.8 Å². The molecular weight excluding hydrogens is 342 g/mol. The van der Waals surface area contributed by atoms with Crippen molar-refractivity contribution in [2.24, 2.45) is 5.73 Å². The summed E-state index contributed by atoms with van der Waals surface area (Å²) in [5.74, 6) is 1.69. The highest BCUT2D eigenvalue weighted by molar-refractivity contribution is 9.10. The predicted molar refractivity (Wildman–Crippen MR) is 94.8 cm³/mol. The highest BCUT2D eigenvalue weighted by Crippen LogP contribution is 2.37. The van der Waals surface area contributed by atoms with Crippen LogP contribution in [0.1, 0.15) is 42.3 Å². The Kier molecular flexibility index (Phi) is 5.04. The second-order valence-corrected chi connectivity index (χ2v) is 7.68. The van der Waals surface area contributed by atoms with Crippen LogP contribution in [0.15, 0.2) is 57.9 Å². The standard InChI is InChI=1S/C18H20BrNS/c19-16-7-9-17(10-8-16)21-12-18(20)15-6-2-5-14(11-15)13-3-1-4-13/h2,5-11,13,18H,1,3-4,12,20H2. The number of hydrogen-bond donors (Lipinski definition) is 1. The first-order valence-electron chi connectivity index (χ1n) is 7.46. The average Bonchev–Trinajstić information content (AvgIpc) is 2.45. The summed E-state index contributed by atoms with van der Waals surface area (Å²) >= 11 is 5.28. The number of nitrogens with two attached hydrogens (primary N) is 1. The Bertz CT molecular complexity index is 592. The maximum absolute atomic E-state index is 6.37. The van der Waals surface area contributed by atoms with Crippen LogP contribution in [-0.4, -0.2) is 5.75 Å². The number of hydrogen-bond acceptors (Lipinski definition) is 2. The molecule has 2 N–H and O–H groups in total. The SMILES string of the molecule is NC(CSc1ccc(Br)cc1)c1cccc(C2CCC2)c1. The van der Waals surface area contributed by atoms with Gasteiger partial charge in [0.1, 0.15) is 0 Å². The van der Waals surface area contributed by atoms with E-state index in [1.165, 1.54) is 35.3 Å². The lowest BCUT2D eigenvalue weighted by Gasteiger charge is -2.26. The molecule has 0 heterocycles. The molecular formula is C18H20BrNS. The van der Waals surface area contributed by atoms with E-state index in [0.29, 0.717) is 0 Å². The Balaban J connectivity index is 1.62. The smallest absolute Gasteiger partial charge is 0.0390 e. The summed E-state index contributed by atoms with van der Waals surface area (Å²) in [6.45, 7) is 0. The molecule has 0 radical (unpaired) electrons. The third kappa shape index (κ3) is 3.91. The second-order valence-electron chi connectivity index (χ2n) is 5.67. The zero-order valence-electron chi connectivity index (χ0n) is 12.0. The fraction of sp³-hybridized carbons (Fsp3) is 0.333. The number of thioether (sulfide) groups is 1. The Morgan fingerprint density at radius 1 is 1.14 bits per heavy atom. The first kappa shape index (κ1) is 15.1. The molecule has 110 valence electrons. The van der Waals surface area contributed by atoms with Crippen LogP contribution in [0, 0.1) is 0 Å². The summed E-state index contributed by atoms with van der Waals surface area (Å²) in [4.78, 5) is 1.27. The van der Waals surface area contributed by atoms with Gasteiger partial charge in [-0.25, -0.2) is 0 Å². The summed E-state index contributed by atoms with van der Waals surface area (Å²) in [5.41, 5.74) is 9.11. The van der Waals surface area contributed by atoms with Gasteiger partial charge in [-0.1, -0.05) is 46.6 Å². The van der Waals surface area contributed by atoms with Crippen molar-refractivity contribution < 1.29 is 0 Å². The largest absolute Gasteiger partial charge is 0.323 e. The lowest BCUT2D eigenvalue weighted by atomic mass is 9.79. The van der Waals surface area contributed by atoms with Gasteiger partial charge in [0.25, 0.3) is 0 Å². The minimum Gasteiger partial charge on any atom is -0.323 e. The molecule has 0 amide bonds. The molecule has 1 atom stereocenters. The highest BCUT2D eigenvalue weighted by atomic mass is 79.9. The monoisotopic (exact) mass is 361 g/mol. The molecule has 2 aromatic rings. The maximum Gasteiger partial charge on any atom is 0.0390 e. The van der Waals surface area contributed by atoms with Crippen LogP contribution in [0.5, 0.6) is 0 Å². The van der Waals surface area contributed by atoms with Crippen LogP contribution in [0.2, 0.25) is 0 Å². The van der Waals surface area contributed by atoms with Gasteiger partial charge in [0.05, 0.1) is 0 Å². The summed E-state index contributed by atoms with van der Waals surface area (Å²) < 4.78 is 1.12. The minimum atomic E-state index is 0.0960. The van der Waals surface area contributed by atoms with Gasteiger partial charge in [0.15, 0.2) is 0 Å². The summed E-state index contributed by atoms with van der Waals surface area (Å²) in [5, 5.41) is 0. The van der Waals surface area contributed by atoms with Crippen LogP contribution in [0.25, 0.3) is 0 Å². The Labute approximate surface area is 139 Å². The predicted octanol–water partition coefficient (Wildman–Crippen LogP) is 5.51. The Morgan fingerprint density at radius 3 is 2.57 bits per heavy atom. The topological polar surface area (TPSA) is 26.0 Å². The normalized spacial score (nSPS) is 16.5. The van der Waals surface area contributed by atoms with E-state index < -0.39 is 0 Å². The van der Waals surface area contributed by atoms with Crippen LogP contribution < -0.4 is 5.73 Å². The summed E-state index contributed by atoms with van der Waals surface area (Å²) in [7, 11) is 0. The van der Waals surface area contributed by atoms with Crippen LogP contribution in [0.3, 0.4) is 0 Å². The van der Waals surface area contributed by atoms with Crippen LogP contribution >= 0.6 is 27.7 Å². The molecule has 0 aromatic heterocycles. The van der Waals surface area contributed by atoms with Crippen molar-refractivity contribution in [3.8, 4) is 0 Å². The molecule has 1 unspecified atom stereocenters. The molecule has 0 spiro atoms. The highest BCUT2D eigenvalue weighted by Gasteiger charge is 2.20. The van der Waals surface area contributed by atoms with Gasteiger partial charge in [-0.2, -0.15) is 0 Å². The third-order valence-electron chi connectivity index (χ3n) is 4.16. The van der Waals surface area contributed by atoms with Crippen molar-refractivity contribution in [3.63, 3.8) is 0 Å². The first-order valence-corrected chi connectivity index (χ1v) is 9.24. The number of rotatable bonds is 5. The van der Waals surface area contributed by atoms with E-state index in [2.05, 4.69) is 64.5 Å². The zero-order chi connectivity index (χ0) is 14.7. The van der Waals surface area contributed by atoms with E-state index in [-0.39, 0.29) is 6.04 Å². The molecule has 0 bridgehead atoms. The van der Waals surface area contributed by atoms with Crippen molar-refractivity contribution in [3.05, 3.63) is 64.1 Å². The lowest BCUT2D eigenvalue weighted by molar-refractivity contribution is 0.419. The Morgan fingerprint density at radius 2 is 1.90 bits per heavy atom. The maximum atomic E-state index is 6.37. The average molecular weight is 362 g/mol. The van der Waals surface area contributed by atoms with Crippen molar-refractivity contribution in [2.75, 3.05) is 5.75 Å². The fourth-order valence-electron chi connectivity index (χ4n) is 2.60. The molecule has 1 nitrogen and oxygen atoms in total. The first-order chi connectivity index (χ1) is 10.2. The van der Waals surface area contributed by atoms with Gasteiger partial charge in [0.2, 0.25) is 0 Å². The molecule has 1 aliphatic rings. The van der Waals surface area contributed by atoms with Crippen LogP contribution in [0.4, 0.5) is 0 Å². The van der Waals surface area contributed by atoms with E-state index in [4.69, 9.17) is 5.73 Å². The molecule has 1 aliphatic carbocycles. The van der Waals surface area contributed by atoms with Crippen LogP contribution in [-0.2, 0) is 0 Å². The van der Waals surface area contributed by atoms with Crippen molar-refractivity contribution in [2.45, 2.75) is 36.1 Å². The van der Waals surface area contributed by atoms with Crippen molar-refractivity contribution in [1.29, 1.82) is 0 Å². The zero-order valence-corrected chi connectivity index (χ0v) is 14.4. The fourth-order valence-corrected chi connectivity index (χ4v) is 3.76. The van der Waals surface area contributed by atoms with Crippen molar-refractivity contribution in [1.82, 2.24) is 0 Å². The van der Waals surface area contributed by atoms with Gasteiger partial charge < -0.3 is 5.73 Å². The van der Waals surface area contributed by atoms with E-state index in [0.717, 1.165) is 16.1 Å². The summed E-state index contributed by atoms with van der Waals surface area (Å²) in [6, 6.07) is 17.4. The molecule has 3 heteroatoms. The second kappa shape index (κ2) is 6.99. The molecule has 21 heavy (non-hydrogen) atoms. The van der Waals surface area contributed by atoms with Gasteiger partial charge in [0, 0.05) is 21.2 Å². The van der Waals surface area contributed by atoms with Gasteiger partial charge in [-0.05, 0) is 54.2 Å². The Hall–Kier alpha value is -0.770. The number of halogens is 1. The third-order valence-corrected chi connectivity index (χ3v) is 5.82. The van der Waals surface area contributed by atoms with Gasteiger partial charge in [-0.3, -0.25) is 0 Å². The van der Waals surface area contributed by atoms with Crippen molar-refractivity contribution >= 4 is 27.7 Å². The molecule has 2 aromatic carbocycles.